The van der Waals surface area contributed by atoms with E-state index in [0.717, 1.165) is 5.56 Å². The molecule has 2 N–H and O–H groups in total. The summed E-state index contributed by atoms with van der Waals surface area (Å²) in [5, 5.41) is 11.6. The summed E-state index contributed by atoms with van der Waals surface area (Å²) < 4.78 is 10.4. The van der Waals surface area contributed by atoms with Gasteiger partial charge in [-0.3, -0.25) is 4.79 Å². The van der Waals surface area contributed by atoms with Crippen LogP contribution in [0.2, 0.25) is 0 Å². The molecule has 1 amide bonds. The van der Waals surface area contributed by atoms with Gasteiger partial charge in [0.1, 0.15) is 17.5 Å². The number of carbonyl (C=O) groups excluding carboxylic acids is 1. The molecule has 0 unspecified atom stereocenters. The first-order valence-electron chi connectivity index (χ1n) is 6.58. The second-order valence-corrected chi connectivity index (χ2v) is 5.04. The fourth-order valence-corrected chi connectivity index (χ4v) is 1.96. The van der Waals surface area contributed by atoms with Crippen LogP contribution in [0.25, 0.3) is 0 Å². The van der Waals surface area contributed by atoms with Crippen LogP contribution in [0.1, 0.15) is 29.8 Å². The van der Waals surface area contributed by atoms with Gasteiger partial charge in [-0.05, 0) is 25.0 Å². The Labute approximate surface area is 124 Å². The van der Waals surface area contributed by atoms with Crippen LogP contribution < -0.4 is 14.8 Å². The third kappa shape index (κ3) is 3.87. The Morgan fingerprint density at radius 2 is 1.62 bits per heavy atom. The van der Waals surface area contributed by atoms with E-state index in [1.165, 1.54) is 14.2 Å². The number of benzene rings is 1. The van der Waals surface area contributed by atoms with Crippen molar-refractivity contribution in [2.45, 2.75) is 26.8 Å². The second kappa shape index (κ2) is 6.97. The van der Waals surface area contributed by atoms with E-state index in [4.69, 9.17) is 14.6 Å². The molecule has 6 nitrogen and oxygen atoms in total. The highest BCUT2D eigenvalue weighted by Gasteiger charge is 2.24. The number of nitrogens with one attached hydrogen (secondary N) is 1. The van der Waals surface area contributed by atoms with Gasteiger partial charge in [-0.2, -0.15) is 0 Å². The van der Waals surface area contributed by atoms with Crippen LogP contribution in [0.5, 0.6) is 11.5 Å². The summed E-state index contributed by atoms with van der Waals surface area (Å²) >= 11 is 0. The van der Waals surface area contributed by atoms with Crippen molar-refractivity contribution in [2.75, 3.05) is 14.2 Å². The molecule has 0 fully saturated rings. The summed E-state index contributed by atoms with van der Waals surface area (Å²) in [7, 11) is 3.00. The lowest BCUT2D eigenvalue weighted by Crippen LogP contribution is -2.44. The van der Waals surface area contributed by atoms with Crippen LogP contribution in [0.3, 0.4) is 0 Å². The summed E-state index contributed by atoms with van der Waals surface area (Å²) in [5.41, 5.74) is 1.07. The zero-order valence-electron chi connectivity index (χ0n) is 12.9. The van der Waals surface area contributed by atoms with Crippen LogP contribution in [0.15, 0.2) is 12.1 Å². The number of carboxylic acid groups (broad SMARTS) is 1. The van der Waals surface area contributed by atoms with E-state index in [1.807, 2.05) is 6.92 Å². The maximum absolute atomic E-state index is 12.2. The molecule has 0 saturated carbocycles. The Bertz CT molecular complexity index is 514. The zero-order valence-corrected chi connectivity index (χ0v) is 12.9. The van der Waals surface area contributed by atoms with E-state index in [9.17, 15) is 9.59 Å². The quantitative estimate of drug-likeness (QED) is 0.836. The predicted octanol–water partition coefficient (Wildman–Crippen LogP) is 1.85. The monoisotopic (exact) mass is 295 g/mol. The van der Waals surface area contributed by atoms with E-state index in [1.54, 1.807) is 26.0 Å². The highest BCUT2D eigenvalue weighted by Crippen LogP contribution is 2.29. The van der Waals surface area contributed by atoms with E-state index in [0.29, 0.717) is 17.1 Å². The standard InChI is InChI=1S/C15H21NO5/c1-8(2)13(15(18)19)16-14(17)10-6-11(20-4)9(3)12(7-10)21-5/h6-8,13H,1-5H3,(H,16,17)(H,18,19)/t13-/m0/s1. The van der Waals surface area contributed by atoms with Gasteiger partial charge in [-0.15, -0.1) is 0 Å². The molecule has 1 aromatic carbocycles. The first kappa shape index (κ1) is 16.8. The minimum atomic E-state index is -1.07. The van der Waals surface area contributed by atoms with E-state index in [2.05, 4.69) is 5.32 Å². The average Bonchev–Trinajstić information content (AvgIpc) is 2.43. The third-order valence-electron chi connectivity index (χ3n) is 3.23. The molecule has 1 aromatic rings. The lowest BCUT2D eigenvalue weighted by molar-refractivity contribution is -0.140. The Kier molecular flexibility index (Phi) is 5.58. The molecular formula is C15H21NO5. The SMILES string of the molecule is COc1cc(C(=O)N[C@H](C(=O)O)C(C)C)cc(OC)c1C. The summed E-state index contributed by atoms with van der Waals surface area (Å²) in [6.07, 6.45) is 0. The Hall–Kier alpha value is -2.24. The number of aliphatic carboxylic acids is 1. The van der Waals surface area contributed by atoms with Gasteiger partial charge in [0.25, 0.3) is 5.91 Å². The third-order valence-corrected chi connectivity index (χ3v) is 3.23. The van der Waals surface area contributed by atoms with Gasteiger partial charge in [0.15, 0.2) is 0 Å². The fraction of sp³-hybridized carbons (Fsp3) is 0.467. The van der Waals surface area contributed by atoms with Crippen LogP contribution in [-0.4, -0.2) is 37.2 Å². The molecule has 21 heavy (non-hydrogen) atoms. The van der Waals surface area contributed by atoms with Gasteiger partial charge in [-0.25, -0.2) is 4.79 Å². The molecule has 0 aliphatic rings. The topological polar surface area (TPSA) is 84.9 Å². The van der Waals surface area contributed by atoms with Crippen molar-refractivity contribution >= 4 is 11.9 Å². The maximum atomic E-state index is 12.2. The highest BCUT2D eigenvalue weighted by molar-refractivity contribution is 5.97. The minimum absolute atomic E-state index is 0.222. The molecule has 1 rings (SSSR count). The van der Waals surface area contributed by atoms with E-state index in [-0.39, 0.29) is 5.92 Å². The molecule has 6 heteroatoms. The minimum Gasteiger partial charge on any atom is -0.496 e. The molecular weight excluding hydrogens is 274 g/mol. The molecule has 116 valence electrons. The molecule has 0 aliphatic carbocycles. The van der Waals surface area contributed by atoms with Crippen LogP contribution in [0, 0.1) is 12.8 Å². The highest BCUT2D eigenvalue weighted by atomic mass is 16.5. The van der Waals surface area contributed by atoms with Crippen LogP contribution in [-0.2, 0) is 4.79 Å². The van der Waals surface area contributed by atoms with Gasteiger partial charge in [0.2, 0.25) is 0 Å². The molecule has 0 aliphatic heterocycles. The largest absolute Gasteiger partial charge is 0.496 e. The normalized spacial score (nSPS) is 11.9. The first-order chi connectivity index (χ1) is 9.81. The average molecular weight is 295 g/mol. The number of hydrogen-bond acceptors (Lipinski definition) is 4. The Morgan fingerprint density at radius 3 is 1.95 bits per heavy atom. The molecule has 0 saturated heterocycles. The Morgan fingerprint density at radius 1 is 1.14 bits per heavy atom. The van der Waals surface area contributed by atoms with Crippen molar-refractivity contribution in [3.8, 4) is 11.5 Å². The summed E-state index contributed by atoms with van der Waals surface area (Å²) in [5.74, 6) is -0.746. The van der Waals surface area contributed by atoms with Crippen LogP contribution in [0.4, 0.5) is 0 Å². The van der Waals surface area contributed by atoms with Gasteiger partial charge >= 0.3 is 5.97 Å². The maximum Gasteiger partial charge on any atom is 0.326 e. The molecule has 1 atom stereocenters. The van der Waals surface area contributed by atoms with Crippen molar-refractivity contribution in [1.29, 1.82) is 0 Å². The van der Waals surface area contributed by atoms with E-state index >= 15 is 0 Å². The van der Waals surface area contributed by atoms with Crippen molar-refractivity contribution < 1.29 is 24.2 Å². The lowest BCUT2D eigenvalue weighted by Gasteiger charge is -2.19. The number of amides is 1. The number of methoxy groups -OCH3 is 2. The number of carbonyl (C=O) groups is 2. The summed E-state index contributed by atoms with van der Waals surface area (Å²) in [6, 6.07) is 2.18. The predicted molar refractivity (Wildman–Crippen MR) is 78.0 cm³/mol. The molecule has 0 radical (unpaired) electrons. The van der Waals surface area contributed by atoms with Crippen LogP contribution >= 0.6 is 0 Å². The molecule has 0 bridgehead atoms. The number of ether oxygens (including phenoxy) is 2. The van der Waals surface area contributed by atoms with Crippen molar-refractivity contribution in [2.24, 2.45) is 5.92 Å². The van der Waals surface area contributed by atoms with Crippen molar-refractivity contribution in [3.05, 3.63) is 23.3 Å². The summed E-state index contributed by atoms with van der Waals surface area (Å²) in [6.45, 7) is 5.28. The number of rotatable bonds is 6. The Balaban J connectivity index is 3.10. The van der Waals surface area contributed by atoms with Crippen molar-refractivity contribution in [3.63, 3.8) is 0 Å². The van der Waals surface area contributed by atoms with Gasteiger partial charge in [-0.1, -0.05) is 13.8 Å². The van der Waals surface area contributed by atoms with Gasteiger partial charge in [0, 0.05) is 11.1 Å². The second-order valence-electron chi connectivity index (χ2n) is 5.04. The van der Waals surface area contributed by atoms with Crippen molar-refractivity contribution in [1.82, 2.24) is 5.32 Å². The molecule has 0 aromatic heterocycles. The molecule has 0 spiro atoms. The van der Waals surface area contributed by atoms with Gasteiger partial charge < -0.3 is 19.9 Å². The lowest BCUT2D eigenvalue weighted by atomic mass is 10.0. The molecule has 0 heterocycles. The number of carboxylic acids is 1. The fourth-order valence-electron chi connectivity index (χ4n) is 1.96. The van der Waals surface area contributed by atoms with Gasteiger partial charge in [0.05, 0.1) is 14.2 Å². The smallest absolute Gasteiger partial charge is 0.326 e. The number of hydrogen-bond donors (Lipinski definition) is 2. The van der Waals surface area contributed by atoms with E-state index < -0.39 is 17.9 Å². The first-order valence-corrected chi connectivity index (χ1v) is 6.58. The summed E-state index contributed by atoms with van der Waals surface area (Å²) in [4.78, 5) is 23.4. The zero-order chi connectivity index (χ0) is 16.2.